The van der Waals surface area contributed by atoms with Crippen molar-refractivity contribution in [3.63, 3.8) is 0 Å². The Labute approximate surface area is 199 Å². The van der Waals surface area contributed by atoms with Crippen LogP contribution in [0.1, 0.15) is 50.7 Å². The van der Waals surface area contributed by atoms with Gasteiger partial charge < -0.3 is 18.7 Å². The first-order valence-corrected chi connectivity index (χ1v) is 12.4. The van der Waals surface area contributed by atoms with Gasteiger partial charge >= 0.3 is 5.97 Å². The maximum absolute atomic E-state index is 13.5. The van der Waals surface area contributed by atoms with E-state index in [0.29, 0.717) is 11.0 Å². The highest BCUT2D eigenvalue weighted by atomic mass is 16.6. The Balaban J connectivity index is 1.29. The lowest BCUT2D eigenvalue weighted by Crippen LogP contribution is -2.66. The molecule has 2 aromatic rings. The first-order chi connectivity index (χ1) is 16.5. The Bertz CT molecular complexity index is 984. The second-order valence-electron chi connectivity index (χ2n) is 10.1. The SMILES string of the molecule is O=C(C[N+]12CCC(CC1)C(OC(=O)[C@](O)(c1ccco1)C1CCCCC1)C2)Nc1ncccn1. The van der Waals surface area contributed by atoms with E-state index in [9.17, 15) is 14.7 Å². The fraction of sp³-hybridized carbons (Fsp3) is 0.600. The normalized spacial score (nSPS) is 28.7. The van der Waals surface area contributed by atoms with Crippen molar-refractivity contribution < 1.29 is 28.3 Å². The Morgan fingerprint density at radius 2 is 1.85 bits per heavy atom. The number of nitrogens with zero attached hydrogens (tertiary/aromatic N) is 3. The number of amides is 1. The summed E-state index contributed by atoms with van der Waals surface area (Å²) in [6, 6.07) is 5.05. The van der Waals surface area contributed by atoms with E-state index in [2.05, 4.69) is 15.3 Å². The first-order valence-electron chi connectivity index (χ1n) is 12.4. The van der Waals surface area contributed by atoms with Gasteiger partial charge in [0, 0.05) is 37.1 Å². The van der Waals surface area contributed by atoms with Gasteiger partial charge in [0.2, 0.25) is 11.5 Å². The molecule has 4 fully saturated rings. The molecule has 3 saturated heterocycles. The van der Waals surface area contributed by atoms with Crippen LogP contribution in [0, 0.1) is 11.8 Å². The zero-order valence-electron chi connectivity index (χ0n) is 19.4. The number of furan rings is 1. The van der Waals surface area contributed by atoms with Gasteiger partial charge in [-0.3, -0.25) is 10.1 Å². The quantitative estimate of drug-likeness (QED) is 0.473. The minimum Gasteiger partial charge on any atom is -0.466 e. The molecule has 6 rings (SSSR count). The molecule has 2 bridgehead atoms. The molecule has 0 spiro atoms. The number of piperidine rings is 3. The smallest absolute Gasteiger partial charge is 0.346 e. The molecular weight excluding hydrogens is 436 g/mol. The third kappa shape index (κ3) is 4.46. The summed E-state index contributed by atoms with van der Waals surface area (Å²) in [5, 5.41) is 14.5. The molecule has 9 nitrogen and oxygen atoms in total. The van der Waals surface area contributed by atoms with E-state index < -0.39 is 11.6 Å². The lowest BCUT2D eigenvalue weighted by molar-refractivity contribution is -0.939. The molecule has 2 aromatic heterocycles. The Hall–Kier alpha value is -2.78. The number of quaternary nitrogens is 1. The molecule has 5 heterocycles. The topological polar surface area (TPSA) is 115 Å². The van der Waals surface area contributed by atoms with Gasteiger partial charge in [0.05, 0.1) is 19.4 Å². The largest absolute Gasteiger partial charge is 0.466 e. The zero-order chi connectivity index (χ0) is 23.6. The summed E-state index contributed by atoms with van der Waals surface area (Å²) in [5.74, 6) is -0.190. The van der Waals surface area contributed by atoms with Crippen LogP contribution in [0.2, 0.25) is 0 Å². The molecule has 0 radical (unpaired) electrons. The van der Waals surface area contributed by atoms with E-state index >= 15 is 0 Å². The van der Waals surface area contributed by atoms with Crippen LogP contribution in [0.25, 0.3) is 0 Å². The number of fused-ring (bicyclic) bond motifs is 3. The Morgan fingerprint density at radius 1 is 1.12 bits per heavy atom. The number of carbonyl (C=O) groups is 2. The number of aromatic nitrogens is 2. The van der Waals surface area contributed by atoms with Crippen LogP contribution >= 0.6 is 0 Å². The fourth-order valence-electron chi connectivity index (χ4n) is 6.12. The molecule has 1 amide bonds. The lowest BCUT2D eigenvalue weighted by Gasteiger charge is -2.51. The Kier molecular flexibility index (Phi) is 6.40. The lowest BCUT2D eigenvalue weighted by atomic mass is 9.75. The van der Waals surface area contributed by atoms with Crippen molar-refractivity contribution in [1.82, 2.24) is 9.97 Å². The van der Waals surface area contributed by atoms with Crippen LogP contribution in [0.4, 0.5) is 5.95 Å². The Morgan fingerprint density at radius 3 is 2.53 bits per heavy atom. The molecule has 2 atom stereocenters. The van der Waals surface area contributed by atoms with E-state index in [-0.39, 0.29) is 42.1 Å². The standard InChI is InChI=1S/C25H32N4O5/c30-22(28-24-26-11-5-12-27-24)17-29-13-9-18(10-14-29)20(16-29)34-23(31)25(32,21-8-4-15-33-21)19-6-2-1-3-7-19/h4-5,8,11-12,15,18-20,32H,1-3,6-7,9-10,13-14,16-17H2/p+1/t18?,20?,25-,29?/m1/s1. The van der Waals surface area contributed by atoms with Gasteiger partial charge in [-0.2, -0.15) is 0 Å². The second kappa shape index (κ2) is 9.46. The van der Waals surface area contributed by atoms with Crippen LogP contribution < -0.4 is 5.32 Å². The summed E-state index contributed by atoms with van der Waals surface area (Å²) in [5.41, 5.74) is -1.78. The van der Waals surface area contributed by atoms with Crippen LogP contribution in [-0.4, -0.2) is 63.7 Å². The van der Waals surface area contributed by atoms with Gasteiger partial charge in [-0.1, -0.05) is 19.3 Å². The van der Waals surface area contributed by atoms with E-state index in [4.69, 9.17) is 9.15 Å². The highest BCUT2D eigenvalue weighted by molar-refractivity contribution is 5.89. The van der Waals surface area contributed by atoms with E-state index in [1.165, 1.54) is 6.26 Å². The number of aliphatic hydroxyl groups is 1. The monoisotopic (exact) mass is 469 g/mol. The minimum atomic E-state index is -1.78. The molecule has 9 heteroatoms. The predicted molar refractivity (Wildman–Crippen MR) is 122 cm³/mol. The van der Waals surface area contributed by atoms with Crippen molar-refractivity contribution in [2.45, 2.75) is 56.7 Å². The number of esters is 1. The molecule has 3 aliphatic heterocycles. The number of hydrogen-bond acceptors (Lipinski definition) is 7. The maximum Gasteiger partial charge on any atom is 0.346 e. The summed E-state index contributed by atoms with van der Waals surface area (Å²) < 4.78 is 12.2. The summed E-state index contributed by atoms with van der Waals surface area (Å²) in [4.78, 5) is 34.4. The number of anilines is 1. The number of carbonyl (C=O) groups excluding carboxylic acids is 2. The summed E-state index contributed by atoms with van der Waals surface area (Å²) in [7, 11) is 0. The van der Waals surface area contributed by atoms with Gasteiger partial charge in [-0.25, -0.2) is 14.8 Å². The van der Waals surface area contributed by atoms with Gasteiger partial charge in [0.15, 0.2) is 12.6 Å². The first kappa shape index (κ1) is 23.0. The van der Waals surface area contributed by atoms with Crippen molar-refractivity contribution in [3.8, 4) is 0 Å². The zero-order valence-corrected chi connectivity index (χ0v) is 19.4. The minimum absolute atomic E-state index is 0.147. The third-order valence-corrected chi connectivity index (χ3v) is 8.00. The number of nitrogens with one attached hydrogen (secondary N) is 1. The van der Waals surface area contributed by atoms with E-state index in [1.807, 2.05) is 0 Å². The van der Waals surface area contributed by atoms with Crippen LogP contribution in [0.15, 0.2) is 41.3 Å². The molecule has 1 saturated carbocycles. The molecule has 4 aliphatic rings. The second-order valence-corrected chi connectivity index (χ2v) is 10.1. The number of ether oxygens (including phenoxy) is 1. The van der Waals surface area contributed by atoms with Gasteiger partial charge in [0.25, 0.3) is 5.91 Å². The van der Waals surface area contributed by atoms with Crippen LogP contribution in [0.3, 0.4) is 0 Å². The van der Waals surface area contributed by atoms with Gasteiger partial charge in [0.1, 0.15) is 12.3 Å². The van der Waals surface area contributed by atoms with Crippen LogP contribution in [0.5, 0.6) is 0 Å². The predicted octanol–water partition coefficient (Wildman–Crippen LogP) is 2.63. The van der Waals surface area contributed by atoms with Crippen molar-refractivity contribution in [2.24, 2.45) is 11.8 Å². The molecular formula is C25H33N4O5+. The molecule has 1 unspecified atom stereocenters. The van der Waals surface area contributed by atoms with Gasteiger partial charge in [-0.15, -0.1) is 0 Å². The van der Waals surface area contributed by atoms with E-state index in [1.54, 1.807) is 30.6 Å². The average molecular weight is 470 g/mol. The van der Waals surface area contributed by atoms with Crippen molar-refractivity contribution >= 4 is 17.8 Å². The maximum atomic E-state index is 13.5. The number of hydrogen-bond donors (Lipinski definition) is 2. The van der Waals surface area contributed by atoms with E-state index in [0.717, 1.165) is 58.0 Å². The van der Waals surface area contributed by atoms with Crippen molar-refractivity contribution in [1.29, 1.82) is 0 Å². The summed E-state index contributed by atoms with van der Waals surface area (Å²) >= 11 is 0. The van der Waals surface area contributed by atoms with Crippen molar-refractivity contribution in [3.05, 3.63) is 42.6 Å². The van der Waals surface area contributed by atoms with Gasteiger partial charge in [-0.05, 0) is 31.0 Å². The van der Waals surface area contributed by atoms with Crippen LogP contribution in [-0.2, 0) is 19.9 Å². The molecule has 34 heavy (non-hydrogen) atoms. The number of rotatable bonds is 7. The highest BCUT2D eigenvalue weighted by Gasteiger charge is 2.54. The third-order valence-electron chi connectivity index (χ3n) is 8.00. The fourth-order valence-corrected chi connectivity index (χ4v) is 6.12. The summed E-state index contributed by atoms with van der Waals surface area (Å²) in [6.45, 7) is 2.59. The molecule has 182 valence electrons. The highest BCUT2D eigenvalue weighted by Crippen LogP contribution is 2.42. The summed E-state index contributed by atoms with van der Waals surface area (Å²) in [6.07, 6.45) is 10.7. The molecule has 0 aromatic carbocycles. The average Bonchev–Trinajstić information content (AvgIpc) is 3.40. The molecule has 2 N–H and O–H groups in total. The van der Waals surface area contributed by atoms with Crippen molar-refractivity contribution in [2.75, 3.05) is 31.5 Å². The molecule has 1 aliphatic carbocycles.